The maximum absolute atomic E-state index is 12.0. The van der Waals surface area contributed by atoms with Crippen molar-refractivity contribution in [2.45, 2.75) is 33.4 Å². The first-order chi connectivity index (χ1) is 12.1. The van der Waals surface area contributed by atoms with Gasteiger partial charge in [0.25, 0.3) is 0 Å². The van der Waals surface area contributed by atoms with E-state index >= 15 is 0 Å². The molecule has 0 aliphatic rings. The quantitative estimate of drug-likeness (QED) is 0.731. The van der Waals surface area contributed by atoms with E-state index in [1.54, 1.807) is 0 Å². The number of nitrogens with one attached hydrogen (secondary N) is 2. The van der Waals surface area contributed by atoms with Gasteiger partial charge in [-0.3, -0.25) is 4.79 Å². The van der Waals surface area contributed by atoms with Crippen molar-refractivity contribution < 1.29 is 14.3 Å². The summed E-state index contributed by atoms with van der Waals surface area (Å²) in [6.07, 6.45) is 0.161. The van der Waals surface area contributed by atoms with Crippen molar-refractivity contribution in [3.05, 3.63) is 54.1 Å². The molecule has 1 amide bonds. The summed E-state index contributed by atoms with van der Waals surface area (Å²) in [6, 6.07) is 15.2. The maximum atomic E-state index is 12.0. The van der Waals surface area contributed by atoms with Crippen molar-refractivity contribution in [2.75, 3.05) is 18.5 Å². The molecule has 5 nitrogen and oxygen atoms in total. The summed E-state index contributed by atoms with van der Waals surface area (Å²) in [4.78, 5) is 12.0. The molecule has 2 aromatic rings. The van der Waals surface area contributed by atoms with Gasteiger partial charge in [-0.15, -0.1) is 0 Å². The summed E-state index contributed by atoms with van der Waals surface area (Å²) in [5.74, 6) is 1.51. The molecule has 0 atom stereocenters. The first-order valence-electron chi connectivity index (χ1n) is 8.56. The van der Waals surface area contributed by atoms with E-state index in [1.165, 1.54) is 0 Å². The Balaban J connectivity index is 1.75. The van der Waals surface area contributed by atoms with Gasteiger partial charge in [0, 0.05) is 18.3 Å². The van der Waals surface area contributed by atoms with Gasteiger partial charge in [-0.05, 0) is 50.6 Å². The van der Waals surface area contributed by atoms with Crippen LogP contribution in [0.3, 0.4) is 0 Å². The van der Waals surface area contributed by atoms with Crippen LogP contribution < -0.4 is 20.1 Å². The molecule has 134 valence electrons. The molecule has 0 fully saturated rings. The van der Waals surface area contributed by atoms with Crippen molar-refractivity contribution in [3.8, 4) is 11.5 Å². The van der Waals surface area contributed by atoms with Crippen LogP contribution in [0.2, 0.25) is 0 Å². The van der Waals surface area contributed by atoms with Gasteiger partial charge in [0.15, 0.2) is 0 Å². The number of amides is 1. The Bertz CT molecular complexity index is 669. The topological polar surface area (TPSA) is 59.6 Å². The number of rotatable bonds is 9. The van der Waals surface area contributed by atoms with Crippen molar-refractivity contribution in [1.82, 2.24) is 5.32 Å². The molecule has 0 saturated carbocycles. The van der Waals surface area contributed by atoms with Gasteiger partial charge in [0.05, 0.1) is 19.3 Å². The molecule has 2 rings (SSSR count). The third kappa shape index (κ3) is 6.85. The van der Waals surface area contributed by atoms with Gasteiger partial charge in [-0.25, -0.2) is 0 Å². The molecular formula is C20H26N2O3. The highest BCUT2D eigenvalue weighted by atomic mass is 16.5. The number of hydrogen-bond donors (Lipinski definition) is 2. The highest BCUT2D eigenvalue weighted by Gasteiger charge is 2.04. The second-order valence-corrected chi connectivity index (χ2v) is 5.92. The minimum absolute atomic E-state index is 0.0894. The van der Waals surface area contributed by atoms with Crippen LogP contribution >= 0.6 is 0 Å². The van der Waals surface area contributed by atoms with Gasteiger partial charge in [0.1, 0.15) is 11.5 Å². The molecule has 0 spiro atoms. The van der Waals surface area contributed by atoms with Crippen LogP contribution in [-0.4, -0.2) is 25.2 Å². The molecule has 0 aromatic heterocycles. The summed E-state index contributed by atoms with van der Waals surface area (Å²) in [5.41, 5.74) is 1.83. The zero-order valence-electron chi connectivity index (χ0n) is 15.0. The predicted octanol–water partition coefficient (Wildman–Crippen LogP) is 3.60. The maximum Gasteiger partial charge on any atom is 0.238 e. The second-order valence-electron chi connectivity index (χ2n) is 5.92. The van der Waals surface area contributed by atoms with Gasteiger partial charge < -0.3 is 20.1 Å². The normalized spacial score (nSPS) is 10.6. The average molecular weight is 342 g/mol. The lowest BCUT2D eigenvalue weighted by atomic mass is 10.2. The monoisotopic (exact) mass is 342 g/mol. The zero-order chi connectivity index (χ0) is 18.1. The summed E-state index contributed by atoms with van der Waals surface area (Å²) in [7, 11) is 0. The van der Waals surface area contributed by atoms with Gasteiger partial charge in [0.2, 0.25) is 5.91 Å². The van der Waals surface area contributed by atoms with Crippen molar-refractivity contribution in [3.63, 3.8) is 0 Å². The first kappa shape index (κ1) is 18.8. The van der Waals surface area contributed by atoms with E-state index in [0.717, 1.165) is 22.7 Å². The lowest BCUT2D eigenvalue weighted by Crippen LogP contribution is -2.27. The molecule has 2 aromatic carbocycles. The minimum atomic E-state index is -0.0894. The third-order valence-electron chi connectivity index (χ3n) is 3.34. The fourth-order valence-corrected chi connectivity index (χ4v) is 2.31. The van der Waals surface area contributed by atoms with Crippen LogP contribution in [0.25, 0.3) is 0 Å². The molecule has 0 unspecified atom stereocenters. The average Bonchev–Trinajstić information content (AvgIpc) is 2.56. The van der Waals surface area contributed by atoms with Crippen LogP contribution in [0.1, 0.15) is 26.3 Å². The van der Waals surface area contributed by atoms with Crippen LogP contribution in [0.5, 0.6) is 11.5 Å². The smallest absolute Gasteiger partial charge is 0.238 e. The van der Waals surface area contributed by atoms with Gasteiger partial charge >= 0.3 is 0 Å². The van der Waals surface area contributed by atoms with Crippen molar-refractivity contribution in [1.29, 1.82) is 0 Å². The fourth-order valence-electron chi connectivity index (χ4n) is 2.31. The Morgan fingerprint density at radius 1 is 1.08 bits per heavy atom. The Hall–Kier alpha value is -2.53. The molecule has 0 aliphatic heterocycles. The highest BCUT2D eigenvalue weighted by Crippen LogP contribution is 2.17. The first-order valence-corrected chi connectivity index (χ1v) is 8.56. The Morgan fingerprint density at radius 3 is 2.52 bits per heavy atom. The Kier molecular flexibility index (Phi) is 7.29. The van der Waals surface area contributed by atoms with E-state index in [1.807, 2.05) is 69.3 Å². The van der Waals surface area contributed by atoms with Crippen LogP contribution in [0.15, 0.2) is 48.5 Å². The van der Waals surface area contributed by atoms with Crippen molar-refractivity contribution >= 4 is 11.6 Å². The van der Waals surface area contributed by atoms with E-state index in [2.05, 4.69) is 10.6 Å². The third-order valence-corrected chi connectivity index (χ3v) is 3.34. The van der Waals surface area contributed by atoms with E-state index in [9.17, 15) is 4.79 Å². The molecule has 2 N–H and O–H groups in total. The van der Waals surface area contributed by atoms with Crippen LogP contribution in [0.4, 0.5) is 5.69 Å². The Labute approximate surface area is 149 Å². The lowest BCUT2D eigenvalue weighted by Gasteiger charge is -2.11. The van der Waals surface area contributed by atoms with E-state index in [0.29, 0.717) is 13.2 Å². The molecule has 0 bridgehead atoms. The van der Waals surface area contributed by atoms with Crippen molar-refractivity contribution in [2.24, 2.45) is 0 Å². The summed E-state index contributed by atoms with van der Waals surface area (Å²) < 4.78 is 11.0. The highest BCUT2D eigenvalue weighted by molar-refractivity contribution is 5.92. The second kappa shape index (κ2) is 9.69. The number of benzene rings is 2. The molecule has 5 heteroatoms. The number of carbonyl (C=O) groups excluding carboxylic acids is 1. The number of ether oxygens (including phenoxy) is 2. The SMILES string of the molecule is CCOc1cccc(NC(=O)CNCc2ccc(OC(C)C)cc2)c1. The fraction of sp³-hybridized carbons (Fsp3) is 0.350. The van der Waals surface area contributed by atoms with E-state index in [4.69, 9.17) is 9.47 Å². The zero-order valence-corrected chi connectivity index (χ0v) is 15.0. The summed E-state index contributed by atoms with van der Waals surface area (Å²) in [5, 5.41) is 5.99. The van der Waals surface area contributed by atoms with E-state index < -0.39 is 0 Å². The standard InChI is InChI=1S/C20H26N2O3/c1-4-24-19-7-5-6-17(12-19)22-20(23)14-21-13-16-8-10-18(11-9-16)25-15(2)3/h5-12,15,21H,4,13-14H2,1-3H3,(H,22,23). The molecule has 0 saturated heterocycles. The number of anilines is 1. The number of hydrogen-bond acceptors (Lipinski definition) is 4. The van der Waals surface area contributed by atoms with Gasteiger partial charge in [-0.2, -0.15) is 0 Å². The molecule has 0 radical (unpaired) electrons. The molecule has 0 heterocycles. The Morgan fingerprint density at radius 2 is 1.84 bits per heavy atom. The minimum Gasteiger partial charge on any atom is -0.494 e. The van der Waals surface area contributed by atoms with Gasteiger partial charge in [-0.1, -0.05) is 18.2 Å². The predicted molar refractivity (Wildman–Crippen MR) is 100 cm³/mol. The molecular weight excluding hydrogens is 316 g/mol. The summed E-state index contributed by atoms with van der Waals surface area (Å²) in [6.45, 7) is 7.38. The van der Waals surface area contributed by atoms with Crippen LogP contribution in [0, 0.1) is 0 Å². The van der Waals surface area contributed by atoms with E-state index in [-0.39, 0.29) is 18.6 Å². The summed E-state index contributed by atoms with van der Waals surface area (Å²) >= 11 is 0. The molecule has 25 heavy (non-hydrogen) atoms. The molecule has 0 aliphatic carbocycles. The largest absolute Gasteiger partial charge is 0.494 e. The van der Waals surface area contributed by atoms with Crippen LogP contribution in [-0.2, 0) is 11.3 Å². The lowest BCUT2D eigenvalue weighted by molar-refractivity contribution is -0.115. The number of carbonyl (C=O) groups is 1.